The van der Waals surface area contributed by atoms with Crippen molar-refractivity contribution in [2.45, 2.75) is 0 Å². The molecule has 4 nitrogen and oxygen atoms in total. The molecule has 0 aliphatic heterocycles. The molecule has 1 aromatic carbocycles. The second-order valence-corrected chi connectivity index (χ2v) is 4.10. The van der Waals surface area contributed by atoms with Crippen LogP contribution in [0.3, 0.4) is 0 Å². The van der Waals surface area contributed by atoms with E-state index in [2.05, 4.69) is 4.98 Å². The summed E-state index contributed by atoms with van der Waals surface area (Å²) in [6.45, 7) is 0. The quantitative estimate of drug-likeness (QED) is 0.715. The minimum absolute atomic E-state index is 0.341. The van der Waals surface area contributed by atoms with Gasteiger partial charge in [0.05, 0.1) is 34.1 Å². The molecule has 3 aromatic rings. The molecule has 0 saturated carbocycles. The number of pyridine rings is 1. The number of benzene rings is 1. The Morgan fingerprint density at radius 2 is 2.06 bits per heavy atom. The minimum Gasteiger partial charge on any atom is -0.366 e. The summed E-state index contributed by atoms with van der Waals surface area (Å²) >= 11 is 6.20. The monoisotopic (exact) mass is 245 g/mol. The molecule has 0 atom stereocenters. The van der Waals surface area contributed by atoms with Gasteiger partial charge in [-0.15, -0.1) is 0 Å². The summed E-state index contributed by atoms with van der Waals surface area (Å²) in [5, 5.41) is 1.07. The zero-order chi connectivity index (χ0) is 12.0. The fourth-order valence-corrected chi connectivity index (χ4v) is 2.37. The van der Waals surface area contributed by atoms with Gasteiger partial charge in [-0.3, -0.25) is 9.20 Å². The third-order valence-electron chi connectivity index (χ3n) is 2.76. The van der Waals surface area contributed by atoms with Gasteiger partial charge in [-0.25, -0.2) is 4.98 Å². The summed E-state index contributed by atoms with van der Waals surface area (Å²) in [4.78, 5) is 15.5. The fraction of sp³-hybridized carbons (Fsp3) is 0. The van der Waals surface area contributed by atoms with Crippen LogP contribution < -0.4 is 5.73 Å². The second-order valence-electron chi connectivity index (χ2n) is 3.72. The van der Waals surface area contributed by atoms with E-state index in [1.807, 2.05) is 28.7 Å². The number of carbonyl (C=O) groups excluding carboxylic acids is 1. The van der Waals surface area contributed by atoms with E-state index in [1.54, 1.807) is 12.5 Å². The van der Waals surface area contributed by atoms with Crippen LogP contribution in [0.4, 0.5) is 0 Å². The molecule has 2 N–H and O–H groups in total. The van der Waals surface area contributed by atoms with Gasteiger partial charge in [-0.2, -0.15) is 0 Å². The molecule has 2 aromatic heterocycles. The van der Waals surface area contributed by atoms with E-state index in [4.69, 9.17) is 17.3 Å². The molecule has 0 unspecified atom stereocenters. The molecule has 0 saturated heterocycles. The first-order valence-electron chi connectivity index (χ1n) is 5.02. The largest absolute Gasteiger partial charge is 0.366 e. The number of primary amides is 1. The average molecular weight is 246 g/mol. The molecule has 0 spiro atoms. The molecule has 3 rings (SSSR count). The van der Waals surface area contributed by atoms with Gasteiger partial charge >= 0.3 is 0 Å². The Hall–Kier alpha value is -2.07. The van der Waals surface area contributed by atoms with Gasteiger partial charge in [0.15, 0.2) is 0 Å². The number of hydrogen-bond acceptors (Lipinski definition) is 2. The van der Waals surface area contributed by atoms with Crippen molar-refractivity contribution in [2.24, 2.45) is 5.73 Å². The van der Waals surface area contributed by atoms with Crippen LogP contribution in [-0.4, -0.2) is 15.3 Å². The van der Waals surface area contributed by atoms with Gasteiger partial charge in [0.2, 0.25) is 0 Å². The lowest BCUT2D eigenvalue weighted by Gasteiger charge is -2.09. The summed E-state index contributed by atoms with van der Waals surface area (Å²) in [5.41, 5.74) is 7.27. The number of amides is 1. The van der Waals surface area contributed by atoms with E-state index in [0.717, 1.165) is 10.9 Å². The topological polar surface area (TPSA) is 60.4 Å². The maximum absolute atomic E-state index is 11.5. The number of carbonyl (C=O) groups is 1. The zero-order valence-electron chi connectivity index (χ0n) is 8.72. The lowest BCUT2D eigenvalue weighted by Crippen LogP contribution is -2.13. The van der Waals surface area contributed by atoms with Crippen LogP contribution in [0.25, 0.3) is 16.4 Å². The number of aromatic nitrogens is 2. The van der Waals surface area contributed by atoms with E-state index < -0.39 is 5.91 Å². The molecule has 0 aliphatic rings. The summed E-state index contributed by atoms with van der Waals surface area (Å²) in [5.74, 6) is -0.532. The first-order valence-corrected chi connectivity index (χ1v) is 5.40. The van der Waals surface area contributed by atoms with Gasteiger partial charge in [-0.05, 0) is 6.07 Å². The van der Waals surface area contributed by atoms with E-state index in [1.165, 1.54) is 0 Å². The Morgan fingerprint density at radius 3 is 2.82 bits per heavy atom. The van der Waals surface area contributed by atoms with Crippen molar-refractivity contribution < 1.29 is 4.79 Å². The first-order chi connectivity index (χ1) is 8.20. The lowest BCUT2D eigenvalue weighted by molar-refractivity contribution is 0.100. The van der Waals surface area contributed by atoms with Crippen LogP contribution in [0.5, 0.6) is 0 Å². The van der Waals surface area contributed by atoms with Crippen molar-refractivity contribution in [2.75, 3.05) is 0 Å². The second kappa shape index (κ2) is 3.46. The average Bonchev–Trinajstić information content (AvgIpc) is 2.78. The van der Waals surface area contributed by atoms with Crippen molar-refractivity contribution in [3.8, 4) is 0 Å². The normalized spacial score (nSPS) is 11.1. The van der Waals surface area contributed by atoms with Gasteiger partial charge in [0.25, 0.3) is 5.91 Å². The highest BCUT2D eigenvalue weighted by Gasteiger charge is 2.16. The van der Waals surface area contributed by atoms with Crippen molar-refractivity contribution >= 4 is 33.9 Å². The molecule has 0 fully saturated rings. The van der Waals surface area contributed by atoms with Gasteiger partial charge in [-0.1, -0.05) is 29.8 Å². The Morgan fingerprint density at radius 1 is 1.29 bits per heavy atom. The zero-order valence-corrected chi connectivity index (χ0v) is 9.48. The number of imidazole rings is 1. The van der Waals surface area contributed by atoms with Crippen LogP contribution in [0.15, 0.2) is 36.8 Å². The van der Waals surface area contributed by atoms with Crippen LogP contribution in [0.2, 0.25) is 5.02 Å². The number of fused-ring (bicyclic) bond motifs is 3. The molecule has 0 aliphatic carbocycles. The molecular formula is C12H8ClN3O. The summed E-state index contributed by atoms with van der Waals surface area (Å²) in [6.07, 6.45) is 3.27. The number of nitrogens with zero attached hydrogens (tertiary/aromatic N) is 2. The van der Waals surface area contributed by atoms with E-state index in [9.17, 15) is 4.79 Å². The molecule has 2 heterocycles. The predicted molar refractivity (Wildman–Crippen MR) is 66.2 cm³/mol. The van der Waals surface area contributed by atoms with Gasteiger partial charge < -0.3 is 5.73 Å². The van der Waals surface area contributed by atoms with E-state index in [-0.39, 0.29) is 0 Å². The molecule has 5 heteroatoms. The summed E-state index contributed by atoms with van der Waals surface area (Å²) in [7, 11) is 0. The molecule has 1 amide bonds. The molecule has 17 heavy (non-hydrogen) atoms. The third-order valence-corrected chi connectivity index (χ3v) is 3.14. The minimum atomic E-state index is -0.532. The maximum Gasteiger partial charge on any atom is 0.250 e. The summed E-state index contributed by atoms with van der Waals surface area (Å²) < 4.78 is 1.84. The van der Waals surface area contributed by atoms with Crippen molar-refractivity contribution in [1.29, 1.82) is 0 Å². The number of nitrogens with two attached hydrogens (primary N) is 1. The highest BCUT2D eigenvalue weighted by atomic mass is 35.5. The molecule has 0 bridgehead atoms. The Kier molecular flexibility index (Phi) is 2.06. The maximum atomic E-state index is 11.5. The number of halogens is 1. The SMILES string of the molecule is NC(=O)c1c(Cl)c2cncn2c2ccccc12. The van der Waals surface area contributed by atoms with Crippen molar-refractivity contribution in [3.63, 3.8) is 0 Å². The van der Waals surface area contributed by atoms with Crippen LogP contribution in [0.1, 0.15) is 10.4 Å². The van der Waals surface area contributed by atoms with Crippen molar-refractivity contribution in [3.05, 3.63) is 47.4 Å². The van der Waals surface area contributed by atoms with E-state index in [0.29, 0.717) is 16.1 Å². The van der Waals surface area contributed by atoms with Gasteiger partial charge in [0.1, 0.15) is 0 Å². The highest BCUT2D eigenvalue weighted by molar-refractivity contribution is 6.38. The Labute approximate surface area is 102 Å². The van der Waals surface area contributed by atoms with Crippen LogP contribution in [0, 0.1) is 0 Å². The third kappa shape index (κ3) is 1.31. The van der Waals surface area contributed by atoms with E-state index >= 15 is 0 Å². The lowest BCUT2D eigenvalue weighted by atomic mass is 10.1. The number of hydrogen-bond donors (Lipinski definition) is 1. The smallest absolute Gasteiger partial charge is 0.250 e. The number of para-hydroxylation sites is 1. The standard InChI is InChI=1S/C12H8ClN3O/c13-11-9-5-15-6-16(9)8-4-2-1-3-7(8)10(11)12(14)17/h1-6H,(H2,14,17). The van der Waals surface area contributed by atoms with Crippen LogP contribution in [-0.2, 0) is 0 Å². The van der Waals surface area contributed by atoms with Gasteiger partial charge in [0, 0.05) is 5.39 Å². The Bertz CT molecular complexity index is 748. The fourth-order valence-electron chi connectivity index (χ4n) is 2.03. The molecule has 0 radical (unpaired) electrons. The Balaban J connectivity index is 2.66. The molecule has 84 valence electrons. The highest BCUT2D eigenvalue weighted by Crippen LogP contribution is 2.30. The van der Waals surface area contributed by atoms with Crippen LogP contribution >= 0.6 is 11.6 Å². The van der Waals surface area contributed by atoms with Crippen molar-refractivity contribution in [1.82, 2.24) is 9.38 Å². The first kappa shape index (κ1) is 10.1. The predicted octanol–water partition coefficient (Wildman–Crippen LogP) is 2.24. The number of rotatable bonds is 1. The summed E-state index contributed by atoms with van der Waals surface area (Å²) in [6, 6.07) is 7.45. The molecular weight excluding hydrogens is 238 g/mol.